The van der Waals surface area contributed by atoms with Crippen LogP contribution in [0.1, 0.15) is 35.1 Å². The maximum atomic E-state index is 11.4. The highest BCUT2D eigenvalue weighted by Gasteiger charge is 2.31. The molecule has 1 fully saturated rings. The van der Waals surface area contributed by atoms with Gasteiger partial charge in [-0.2, -0.15) is 0 Å². The van der Waals surface area contributed by atoms with Gasteiger partial charge in [-0.25, -0.2) is 13.4 Å². The van der Waals surface area contributed by atoms with Crippen molar-refractivity contribution < 1.29 is 8.42 Å². The molecule has 90 valence electrons. The molecular weight excluding hydrogens is 244 g/mol. The van der Waals surface area contributed by atoms with Crippen LogP contribution in [0, 0.1) is 0 Å². The molecule has 2 N–H and O–H groups in total. The molecule has 0 aromatic carbocycles. The molecule has 0 bridgehead atoms. The van der Waals surface area contributed by atoms with Gasteiger partial charge in [-0.3, -0.25) is 0 Å². The van der Waals surface area contributed by atoms with Gasteiger partial charge in [0.05, 0.1) is 16.5 Å². The zero-order chi connectivity index (χ0) is 11.8. The first kappa shape index (κ1) is 12.0. The summed E-state index contributed by atoms with van der Waals surface area (Å²) in [6.45, 7) is 2.66. The summed E-state index contributed by atoms with van der Waals surface area (Å²) in [5.74, 6) is 0.980. The van der Waals surface area contributed by atoms with Gasteiger partial charge in [-0.05, 0) is 13.0 Å². The third-order valence-electron chi connectivity index (χ3n) is 2.96. The number of sulfone groups is 1. The molecule has 0 radical (unpaired) electrons. The number of hydrogen-bond acceptors (Lipinski definition) is 5. The SMILES string of the molecule is CC(CN)c1cnc(C2CCS(=O)(=O)C2)s1. The van der Waals surface area contributed by atoms with Gasteiger partial charge >= 0.3 is 0 Å². The fraction of sp³-hybridized carbons (Fsp3) is 0.700. The van der Waals surface area contributed by atoms with Gasteiger partial charge in [0.2, 0.25) is 0 Å². The molecule has 0 amide bonds. The van der Waals surface area contributed by atoms with E-state index in [4.69, 9.17) is 5.73 Å². The van der Waals surface area contributed by atoms with E-state index in [1.165, 1.54) is 0 Å². The second-order valence-corrected chi connectivity index (χ2v) is 7.66. The number of nitrogens with zero attached hydrogens (tertiary/aromatic N) is 1. The Kier molecular flexibility index (Phi) is 3.32. The van der Waals surface area contributed by atoms with Crippen molar-refractivity contribution in [1.82, 2.24) is 4.98 Å². The van der Waals surface area contributed by atoms with E-state index in [0.717, 1.165) is 9.88 Å². The van der Waals surface area contributed by atoms with E-state index < -0.39 is 9.84 Å². The number of aromatic nitrogens is 1. The van der Waals surface area contributed by atoms with Crippen molar-refractivity contribution in [3.8, 4) is 0 Å². The van der Waals surface area contributed by atoms with Crippen LogP contribution < -0.4 is 5.73 Å². The van der Waals surface area contributed by atoms with Crippen LogP contribution in [0.5, 0.6) is 0 Å². The summed E-state index contributed by atoms with van der Waals surface area (Å²) in [4.78, 5) is 5.49. The molecular formula is C10H16N2O2S2. The highest BCUT2D eigenvalue weighted by Crippen LogP contribution is 2.33. The fourth-order valence-electron chi connectivity index (χ4n) is 1.82. The van der Waals surface area contributed by atoms with Crippen LogP contribution in [-0.4, -0.2) is 31.5 Å². The molecule has 1 aromatic heterocycles. The second-order valence-electron chi connectivity index (χ2n) is 4.34. The maximum Gasteiger partial charge on any atom is 0.151 e. The molecule has 2 heterocycles. The maximum absolute atomic E-state index is 11.4. The largest absolute Gasteiger partial charge is 0.330 e. The van der Waals surface area contributed by atoms with Gasteiger partial charge < -0.3 is 5.73 Å². The van der Waals surface area contributed by atoms with E-state index in [1.54, 1.807) is 11.3 Å². The Hall–Kier alpha value is -0.460. The highest BCUT2D eigenvalue weighted by molar-refractivity contribution is 7.91. The van der Waals surface area contributed by atoms with E-state index in [-0.39, 0.29) is 11.7 Å². The minimum atomic E-state index is -2.82. The van der Waals surface area contributed by atoms with Crippen molar-refractivity contribution in [2.45, 2.75) is 25.2 Å². The Bertz CT molecular complexity index is 467. The average Bonchev–Trinajstić information content (AvgIpc) is 2.83. The Balaban J connectivity index is 2.14. The summed E-state index contributed by atoms with van der Waals surface area (Å²) < 4.78 is 22.7. The van der Waals surface area contributed by atoms with Crippen LogP contribution in [0.25, 0.3) is 0 Å². The molecule has 0 aliphatic carbocycles. The van der Waals surface area contributed by atoms with Crippen molar-refractivity contribution >= 4 is 21.2 Å². The summed E-state index contributed by atoms with van der Waals surface area (Å²) in [6, 6.07) is 0. The van der Waals surface area contributed by atoms with Crippen molar-refractivity contribution in [3.63, 3.8) is 0 Å². The molecule has 0 saturated carbocycles. The second kappa shape index (κ2) is 4.43. The molecule has 0 spiro atoms. The van der Waals surface area contributed by atoms with E-state index >= 15 is 0 Å². The molecule has 1 aromatic rings. The lowest BCUT2D eigenvalue weighted by Gasteiger charge is -2.04. The lowest BCUT2D eigenvalue weighted by Crippen LogP contribution is -2.07. The van der Waals surface area contributed by atoms with Gasteiger partial charge in [0.25, 0.3) is 0 Å². The van der Waals surface area contributed by atoms with Gasteiger partial charge in [0.1, 0.15) is 0 Å². The van der Waals surface area contributed by atoms with E-state index in [1.807, 2.05) is 6.20 Å². The summed E-state index contributed by atoms with van der Waals surface area (Å²) in [7, 11) is -2.82. The quantitative estimate of drug-likeness (QED) is 0.883. The summed E-state index contributed by atoms with van der Waals surface area (Å²) >= 11 is 1.61. The molecule has 1 aliphatic heterocycles. The fourth-order valence-corrected chi connectivity index (χ4v) is 4.79. The smallest absolute Gasteiger partial charge is 0.151 e. The molecule has 2 unspecified atom stereocenters. The Labute approximate surface area is 99.8 Å². The predicted octanol–water partition coefficient (Wildman–Crippen LogP) is 1.11. The summed E-state index contributed by atoms with van der Waals surface area (Å²) in [5, 5.41) is 0.955. The lowest BCUT2D eigenvalue weighted by molar-refractivity contribution is 0.601. The van der Waals surface area contributed by atoms with Crippen molar-refractivity contribution in [2.24, 2.45) is 5.73 Å². The normalized spacial score (nSPS) is 25.8. The molecule has 16 heavy (non-hydrogen) atoms. The lowest BCUT2D eigenvalue weighted by atomic mass is 10.1. The van der Waals surface area contributed by atoms with Crippen LogP contribution >= 0.6 is 11.3 Å². The van der Waals surface area contributed by atoms with Crippen molar-refractivity contribution in [2.75, 3.05) is 18.1 Å². The van der Waals surface area contributed by atoms with Crippen molar-refractivity contribution in [1.29, 1.82) is 0 Å². The standard InChI is InChI=1S/C10H16N2O2S2/c1-7(4-11)9-5-12-10(15-9)8-2-3-16(13,14)6-8/h5,7-8H,2-4,6,11H2,1H3. The third kappa shape index (κ3) is 2.44. The summed E-state index contributed by atoms with van der Waals surface area (Å²) in [6.07, 6.45) is 2.55. The molecule has 6 heteroatoms. The topological polar surface area (TPSA) is 73.0 Å². The van der Waals surface area contributed by atoms with Gasteiger partial charge in [0.15, 0.2) is 9.84 Å². The zero-order valence-electron chi connectivity index (χ0n) is 9.22. The van der Waals surface area contributed by atoms with Gasteiger partial charge in [-0.15, -0.1) is 11.3 Å². The van der Waals surface area contributed by atoms with Crippen molar-refractivity contribution in [3.05, 3.63) is 16.1 Å². The highest BCUT2D eigenvalue weighted by atomic mass is 32.2. The molecule has 2 atom stereocenters. The first-order chi connectivity index (χ1) is 7.52. The van der Waals surface area contributed by atoms with E-state index in [0.29, 0.717) is 24.6 Å². The Morgan fingerprint density at radius 3 is 3.00 bits per heavy atom. The first-order valence-electron chi connectivity index (χ1n) is 5.38. The Morgan fingerprint density at radius 2 is 2.44 bits per heavy atom. The van der Waals surface area contributed by atoms with Crippen LogP contribution in [0.15, 0.2) is 6.20 Å². The van der Waals surface area contributed by atoms with Crippen LogP contribution in [0.3, 0.4) is 0 Å². The number of rotatable bonds is 3. The van der Waals surface area contributed by atoms with E-state index in [2.05, 4.69) is 11.9 Å². The zero-order valence-corrected chi connectivity index (χ0v) is 10.9. The van der Waals surface area contributed by atoms with Gasteiger partial charge in [0, 0.05) is 22.9 Å². The average molecular weight is 260 g/mol. The van der Waals surface area contributed by atoms with Gasteiger partial charge in [-0.1, -0.05) is 6.92 Å². The molecule has 4 nitrogen and oxygen atoms in total. The van der Waals surface area contributed by atoms with Crippen LogP contribution in [0.2, 0.25) is 0 Å². The van der Waals surface area contributed by atoms with E-state index in [9.17, 15) is 8.42 Å². The predicted molar refractivity (Wildman–Crippen MR) is 65.6 cm³/mol. The minimum absolute atomic E-state index is 0.105. The number of nitrogens with two attached hydrogens (primary N) is 1. The van der Waals surface area contributed by atoms with Crippen LogP contribution in [0.4, 0.5) is 0 Å². The molecule has 1 aliphatic rings. The van der Waals surface area contributed by atoms with Crippen LogP contribution in [-0.2, 0) is 9.84 Å². The number of hydrogen-bond donors (Lipinski definition) is 1. The molecule has 1 saturated heterocycles. The first-order valence-corrected chi connectivity index (χ1v) is 8.01. The Morgan fingerprint density at radius 1 is 1.69 bits per heavy atom. The molecule has 2 rings (SSSR count). The summed E-state index contributed by atoms with van der Waals surface area (Å²) in [5.41, 5.74) is 5.59. The number of thiazole rings is 1. The monoisotopic (exact) mass is 260 g/mol. The minimum Gasteiger partial charge on any atom is -0.330 e. The third-order valence-corrected chi connectivity index (χ3v) is 6.12.